The summed E-state index contributed by atoms with van der Waals surface area (Å²) in [5.74, 6) is -0.501. The molecule has 2 unspecified atom stereocenters. The SMILES string of the molecule is COc1cc2c(cc1OC)C(CC(=O)O)N(C(=O)C1CCN(C)C(=O)C1)CC2. The second-order valence-electron chi connectivity index (χ2n) is 7.31. The molecule has 1 aromatic rings. The van der Waals surface area contributed by atoms with Gasteiger partial charge in [-0.3, -0.25) is 14.4 Å². The van der Waals surface area contributed by atoms with Crippen LogP contribution in [0.5, 0.6) is 11.5 Å². The van der Waals surface area contributed by atoms with E-state index in [0.717, 1.165) is 11.1 Å². The van der Waals surface area contributed by atoms with Gasteiger partial charge in [-0.25, -0.2) is 0 Å². The van der Waals surface area contributed by atoms with E-state index >= 15 is 0 Å². The molecule has 3 rings (SSSR count). The second kappa shape index (κ2) is 8.08. The first kappa shape index (κ1) is 20.0. The lowest BCUT2D eigenvalue weighted by molar-refractivity contribution is -0.148. The summed E-state index contributed by atoms with van der Waals surface area (Å²) in [5, 5.41) is 9.45. The maximum absolute atomic E-state index is 13.2. The van der Waals surface area contributed by atoms with Crippen molar-refractivity contribution in [1.29, 1.82) is 0 Å². The smallest absolute Gasteiger partial charge is 0.305 e. The van der Waals surface area contributed by atoms with Gasteiger partial charge in [-0.2, -0.15) is 0 Å². The van der Waals surface area contributed by atoms with Crippen molar-refractivity contribution in [3.8, 4) is 11.5 Å². The van der Waals surface area contributed by atoms with E-state index in [4.69, 9.17) is 9.47 Å². The zero-order chi connectivity index (χ0) is 20.4. The topological polar surface area (TPSA) is 96.4 Å². The van der Waals surface area contributed by atoms with Crippen LogP contribution in [0.1, 0.15) is 36.4 Å². The molecule has 2 atom stereocenters. The zero-order valence-electron chi connectivity index (χ0n) is 16.4. The Morgan fingerprint density at radius 1 is 1.18 bits per heavy atom. The van der Waals surface area contributed by atoms with Crippen LogP contribution >= 0.6 is 0 Å². The van der Waals surface area contributed by atoms with Crippen LogP contribution in [0.25, 0.3) is 0 Å². The van der Waals surface area contributed by atoms with E-state index in [1.807, 2.05) is 6.07 Å². The Hall–Kier alpha value is -2.77. The fourth-order valence-corrected chi connectivity index (χ4v) is 4.07. The number of ether oxygens (including phenoxy) is 2. The third kappa shape index (κ3) is 3.76. The maximum atomic E-state index is 13.2. The van der Waals surface area contributed by atoms with Gasteiger partial charge in [-0.15, -0.1) is 0 Å². The summed E-state index contributed by atoms with van der Waals surface area (Å²) in [4.78, 5) is 40.0. The minimum absolute atomic E-state index is 0.0526. The molecule has 0 aliphatic carbocycles. The summed E-state index contributed by atoms with van der Waals surface area (Å²) in [7, 11) is 4.80. The molecule has 2 amide bonds. The van der Waals surface area contributed by atoms with Crippen molar-refractivity contribution in [2.45, 2.75) is 31.7 Å². The zero-order valence-corrected chi connectivity index (χ0v) is 16.4. The Morgan fingerprint density at radius 3 is 2.46 bits per heavy atom. The molecule has 1 N–H and O–H groups in total. The highest BCUT2D eigenvalue weighted by molar-refractivity contribution is 5.87. The number of likely N-dealkylation sites (tertiary alicyclic amines) is 1. The summed E-state index contributed by atoms with van der Waals surface area (Å²) in [5.41, 5.74) is 1.71. The minimum atomic E-state index is -0.982. The molecule has 1 saturated heterocycles. The van der Waals surface area contributed by atoms with Crippen LogP contribution in [0.15, 0.2) is 12.1 Å². The number of carbonyl (C=O) groups is 3. The number of benzene rings is 1. The predicted molar refractivity (Wildman–Crippen MR) is 100 cm³/mol. The van der Waals surface area contributed by atoms with E-state index in [2.05, 4.69) is 0 Å². The largest absolute Gasteiger partial charge is 0.493 e. The number of rotatable bonds is 5. The first-order valence-electron chi connectivity index (χ1n) is 9.36. The normalized spacial score (nSPS) is 21.9. The van der Waals surface area contributed by atoms with E-state index in [0.29, 0.717) is 37.4 Å². The van der Waals surface area contributed by atoms with Crippen LogP contribution in [0.2, 0.25) is 0 Å². The molecule has 2 aliphatic heterocycles. The van der Waals surface area contributed by atoms with Gasteiger partial charge < -0.3 is 24.4 Å². The van der Waals surface area contributed by atoms with Crippen LogP contribution in [0.3, 0.4) is 0 Å². The second-order valence-corrected chi connectivity index (χ2v) is 7.31. The molecule has 0 spiro atoms. The van der Waals surface area contributed by atoms with Gasteiger partial charge in [0.05, 0.1) is 26.7 Å². The molecule has 8 heteroatoms. The Morgan fingerprint density at radius 2 is 1.86 bits per heavy atom. The summed E-state index contributed by atoms with van der Waals surface area (Å²) in [6.07, 6.45) is 1.16. The summed E-state index contributed by atoms with van der Waals surface area (Å²) < 4.78 is 10.7. The van der Waals surface area contributed by atoms with Gasteiger partial charge in [0.1, 0.15) is 0 Å². The number of carboxylic acids is 1. The molecule has 152 valence electrons. The third-order valence-electron chi connectivity index (χ3n) is 5.66. The van der Waals surface area contributed by atoms with Crippen molar-refractivity contribution < 1.29 is 29.0 Å². The highest BCUT2D eigenvalue weighted by Gasteiger charge is 2.38. The number of hydrogen-bond donors (Lipinski definition) is 1. The van der Waals surface area contributed by atoms with Crippen LogP contribution < -0.4 is 9.47 Å². The quantitative estimate of drug-likeness (QED) is 0.818. The lowest BCUT2D eigenvalue weighted by Crippen LogP contribution is -2.47. The molecule has 0 saturated carbocycles. The fraction of sp³-hybridized carbons (Fsp3) is 0.550. The highest BCUT2D eigenvalue weighted by atomic mass is 16.5. The van der Waals surface area contributed by atoms with E-state index in [1.54, 1.807) is 30.0 Å². The number of piperidine rings is 1. The maximum Gasteiger partial charge on any atom is 0.305 e. The summed E-state index contributed by atoms with van der Waals surface area (Å²) in [6.45, 7) is 0.952. The van der Waals surface area contributed by atoms with Gasteiger partial charge >= 0.3 is 5.97 Å². The molecule has 1 fully saturated rings. The number of hydrogen-bond acceptors (Lipinski definition) is 5. The average Bonchev–Trinajstić information content (AvgIpc) is 2.68. The van der Waals surface area contributed by atoms with Gasteiger partial charge in [0.15, 0.2) is 11.5 Å². The molecule has 0 bridgehead atoms. The van der Waals surface area contributed by atoms with Crippen molar-refractivity contribution in [3.63, 3.8) is 0 Å². The molecule has 8 nitrogen and oxygen atoms in total. The molecule has 0 radical (unpaired) electrons. The highest BCUT2D eigenvalue weighted by Crippen LogP contribution is 2.40. The third-order valence-corrected chi connectivity index (χ3v) is 5.66. The Bertz CT molecular complexity index is 793. The van der Waals surface area contributed by atoms with Gasteiger partial charge in [0, 0.05) is 32.5 Å². The molecule has 28 heavy (non-hydrogen) atoms. The fourth-order valence-electron chi connectivity index (χ4n) is 4.07. The monoisotopic (exact) mass is 390 g/mol. The minimum Gasteiger partial charge on any atom is -0.493 e. The van der Waals surface area contributed by atoms with Crippen molar-refractivity contribution in [3.05, 3.63) is 23.3 Å². The van der Waals surface area contributed by atoms with E-state index in [-0.39, 0.29) is 24.7 Å². The standard InChI is InChI=1S/C20H26N2O6/c1-21-6-4-13(9-18(21)23)20(26)22-7-5-12-8-16(27-2)17(28-3)10-14(12)15(22)11-19(24)25/h8,10,13,15H,4-7,9,11H2,1-3H3,(H,24,25). The van der Waals surface area contributed by atoms with Crippen LogP contribution in [-0.4, -0.2) is 67.0 Å². The van der Waals surface area contributed by atoms with Gasteiger partial charge in [-0.1, -0.05) is 0 Å². The van der Waals surface area contributed by atoms with Crippen LogP contribution in [0, 0.1) is 5.92 Å². The molecular weight excluding hydrogens is 364 g/mol. The number of methoxy groups -OCH3 is 2. The van der Waals surface area contributed by atoms with E-state index < -0.39 is 17.9 Å². The number of fused-ring (bicyclic) bond motifs is 1. The first-order chi connectivity index (χ1) is 13.3. The van der Waals surface area contributed by atoms with Gasteiger partial charge in [-0.05, 0) is 36.1 Å². The van der Waals surface area contributed by atoms with Crippen molar-refractivity contribution in [2.24, 2.45) is 5.92 Å². The van der Waals surface area contributed by atoms with Gasteiger partial charge in [0.25, 0.3) is 0 Å². The number of aliphatic carboxylic acids is 1. The van der Waals surface area contributed by atoms with Crippen molar-refractivity contribution in [2.75, 3.05) is 34.4 Å². The number of carbonyl (C=O) groups excluding carboxylic acids is 2. The predicted octanol–water partition coefficient (Wildman–Crippen LogP) is 1.47. The van der Waals surface area contributed by atoms with Crippen LogP contribution in [0.4, 0.5) is 0 Å². The molecule has 2 heterocycles. The lowest BCUT2D eigenvalue weighted by atomic mass is 9.87. The summed E-state index contributed by atoms with van der Waals surface area (Å²) in [6, 6.07) is 3.02. The first-order valence-corrected chi connectivity index (χ1v) is 9.36. The molecule has 0 aromatic heterocycles. The Balaban J connectivity index is 1.93. The van der Waals surface area contributed by atoms with Crippen molar-refractivity contribution in [1.82, 2.24) is 9.80 Å². The van der Waals surface area contributed by atoms with Gasteiger partial charge in [0.2, 0.25) is 11.8 Å². The average molecular weight is 390 g/mol. The van der Waals surface area contributed by atoms with Crippen molar-refractivity contribution >= 4 is 17.8 Å². The molecule has 1 aromatic carbocycles. The number of amides is 2. The summed E-state index contributed by atoms with van der Waals surface area (Å²) >= 11 is 0. The van der Waals surface area contributed by atoms with Crippen LogP contribution in [-0.2, 0) is 20.8 Å². The number of carboxylic acid groups (broad SMARTS) is 1. The lowest BCUT2D eigenvalue weighted by Gasteiger charge is -2.40. The Labute approximate surface area is 164 Å². The number of nitrogens with zero attached hydrogens (tertiary/aromatic N) is 2. The van der Waals surface area contributed by atoms with E-state index in [9.17, 15) is 19.5 Å². The molecular formula is C20H26N2O6. The Kier molecular flexibility index (Phi) is 5.76. The molecule has 2 aliphatic rings. The van der Waals surface area contributed by atoms with E-state index in [1.165, 1.54) is 7.11 Å².